The number of nitrogens with one attached hydrogen (secondary N) is 1. The van der Waals surface area contributed by atoms with Crippen LogP contribution >= 0.6 is 0 Å². The molecule has 0 unspecified atom stereocenters. The Hall–Kier alpha value is -2.89. The van der Waals surface area contributed by atoms with Gasteiger partial charge in [-0.1, -0.05) is 6.07 Å². The normalized spacial score (nSPS) is 10.6. The van der Waals surface area contributed by atoms with E-state index in [4.69, 9.17) is 4.74 Å². The van der Waals surface area contributed by atoms with Crippen molar-refractivity contribution in [2.24, 2.45) is 0 Å². The SMILES string of the molecule is COc1cccn2c(C(=O)NCc3ccccn3)c(C)nc12. The molecule has 3 aromatic rings. The monoisotopic (exact) mass is 296 g/mol. The third-order valence-corrected chi connectivity index (χ3v) is 3.38. The van der Waals surface area contributed by atoms with Crippen LogP contribution in [0.5, 0.6) is 5.75 Å². The lowest BCUT2D eigenvalue weighted by molar-refractivity contribution is 0.0944. The van der Waals surface area contributed by atoms with Crippen molar-refractivity contribution in [2.75, 3.05) is 7.11 Å². The van der Waals surface area contributed by atoms with Crippen LogP contribution in [0.4, 0.5) is 0 Å². The number of hydrogen-bond acceptors (Lipinski definition) is 4. The van der Waals surface area contributed by atoms with E-state index in [1.54, 1.807) is 23.9 Å². The molecule has 1 amide bonds. The van der Waals surface area contributed by atoms with Gasteiger partial charge in [0.2, 0.25) is 0 Å². The van der Waals surface area contributed by atoms with Crippen molar-refractivity contribution in [1.29, 1.82) is 0 Å². The Morgan fingerprint density at radius 3 is 2.91 bits per heavy atom. The molecule has 6 nitrogen and oxygen atoms in total. The number of fused-ring (bicyclic) bond motifs is 1. The fraction of sp³-hybridized carbons (Fsp3) is 0.188. The summed E-state index contributed by atoms with van der Waals surface area (Å²) in [7, 11) is 1.58. The Morgan fingerprint density at radius 1 is 1.32 bits per heavy atom. The summed E-state index contributed by atoms with van der Waals surface area (Å²) in [6.45, 7) is 2.18. The van der Waals surface area contributed by atoms with Gasteiger partial charge in [0.05, 0.1) is 25.0 Å². The Morgan fingerprint density at radius 2 is 2.18 bits per heavy atom. The topological polar surface area (TPSA) is 68.5 Å². The van der Waals surface area contributed by atoms with E-state index < -0.39 is 0 Å². The van der Waals surface area contributed by atoms with Gasteiger partial charge in [0.25, 0.3) is 5.91 Å². The first kappa shape index (κ1) is 14.1. The van der Waals surface area contributed by atoms with Gasteiger partial charge in [-0.3, -0.25) is 14.2 Å². The molecule has 0 aliphatic carbocycles. The summed E-state index contributed by atoms with van der Waals surface area (Å²) in [5, 5.41) is 2.87. The fourth-order valence-corrected chi connectivity index (χ4v) is 2.35. The van der Waals surface area contributed by atoms with Gasteiger partial charge in [-0.2, -0.15) is 0 Å². The number of hydrogen-bond donors (Lipinski definition) is 1. The van der Waals surface area contributed by atoms with E-state index in [-0.39, 0.29) is 5.91 Å². The van der Waals surface area contributed by atoms with Crippen molar-refractivity contribution < 1.29 is 9.53 Å². The first-order valence-corrected chi connectivity index (χ1v) is 6.90. The second kappa shape index (κ2) is 5.85. The molecule has 0 aliphatic rings. The Balaban J connectivity index is 1.89. The van der Waals surface area contributed by atoms with Crippen molar-refractivity contribution >= 4 is 11.6 Å². The lowest BCUT2D eigenvalue weighted by atomic mass is 10.3. The molecular formula is C16H16N4O2. The van der Waals surface area contributed by atoms with Gasteiger partial charge >= 0.3 is 0 Å². The molecule has 112 valence electrons. The number of ether oxygens (including phenoxy) is 1. The van der Waals surface area contributed by atoms with Gasteiger partial charge in [0, 0.05) is 12.4 Å². The number of rotatable bonds is 4. The van der Waals surface area contributed by atoms with E-state index in [2.05, 4.69) is 15.3 Å². The minimum absolute atomic E-state index is 0.191. The fourth-order valence-electron chi connectivity index (χ4n) is 2.35. The minimum Gasteiger partial charge on any atom is -0.493 e. The van der Waals surface area contributed by atoms with Crippen molar-refractivity contribution in [2.45, 2.75) is 13.5 Å². The number of imidazole rings is 1. The predicted octanol–water partition coefficient (Wildman–Crippen LogP) is 1.98. The highest BCUT2D eigenvalue weighted by atomic mass is 16.5. The minimum atomic E-state index is -0.191. The quantitative estimate of drug-likeness (QED) is 0.799. The number of carbonyl (C=O) groups is 1. The van der Waals surface area contributed by atoms with E-state index >= 15 is 0 Å². The molecule has 0 bridgehead atoms. The van der Waals surface area contributed by atoms with Crippen LogP contribution in [0.2, 0.25) is 0 Å². The lowest BCUT2D eigenvalue weighted by Crippen LogP contribution is -2.25. The lowest BCUT2D eigenvalue weighted by Gasteiger charge is -2.06. The zero-order valence-electron chi connectivity index (χ0n) is 12.4. The Bertz CT molecular complexity index is 812. The summed E-state index contributed by atoms with van der Waals surface area (Å²) < 4.78 is 7.02. The standard InChI is InChI=1S/C16H16N4O2/c1-11-14(16(21)18-10-12-6-3-4-8-17-12)20-9-5-7-13(22-2)15(20)19-11/h3-9H,10H2,1-2H3,(H,18,21). The number of nitrogens with zero attached hydrogens (tertiary/aromatic N) is 3. The molecule has 0 saturated carbocycles. The average Bonchev–Trinajstić information content (AvgIpc) is 2.89. The summed E-state index contributed by atoms with van der Waals surface area (Å²) in [5.74, 6) is 0.443. The molecule has 6 heteroatoms. The Kier molecular flexibility index (Phi) is 3.74. The molecule has 3 rings (SSSR count). The van der Waals surface area contributed by atoms with Crippen molar-refractivity contribution in [3.63, 3.8) is 0 Å². The number of aryl methyl sites for hydroxylation is 1. The zero-order valence-corrected chi connectivity index (χ0v) is 12.4. The van der Waals surface area contributed by atoms with Crippen LogP contribution in [0.1, 0.15) is 21.9 Å². The number of carbonyl (C=O) groups excluding carboxylic acids is 1. The molecule has 0 aromatic carbocycles. The number of amides is 1. The molecule has 0 fully saturated rings. The van der Waals surface area contributed by atoms with Gasteiger partial charge in [0.1, 0.15) is 5.69 Å². The molecule has 0 aliphatic heterocycles. The summed E-state index contributed by atoms with van der Waals surface area (Å²) in [6.07, 6.45) is 3.50. The van der Waals surface area contributed by atoms with Crippen LogP contribution < -0.4 is 10.1 Å². The highest BCUT2D eigenvalue weighted by molar-refractivity contribution is 5.94. The molecule has 0 spiro atoms. The molecule has 0 atom stereocenters. The predicted molar refractivity (Wildman–Crippen MR) is 81.9 cm³/mol. The molecule has 0 saturated heterocycles. The van der Waals surface area contributed by atoms with Crippen LogP contribution in [0, 0.1) is 6.92 Å². The largest absolute Gasteiger partial charge is 0.493 e. The van der Waals surface area contributed by atoms with E-state index in [0.717, 1.165) is 5.69 Å². The highest BCUT2D eigenvalue weighted by Crippen LogP contribution is 2.21. The average molecular weight is 296 g/mol. The van der Waals surface area contributed by atoms with Gasteiger partial charge in [0.15, 0.2) is 11.4 Å². The number of pyridine rings is 2. The van der Waals surface area contributed by atoms with E-state index in [1.807, 2.05) is 37.3 Å². The van der Waals surface area contributed by atoms with Crippen LogP contribution in [-0.4, -0.2) is 27.4 Å². The summed E-state index contributed by atoms with van der Waals surface area (Å²) in [5.41, 5.74) is 2.60. The van der Waals surface area contributed by atoms with Crippen molar-refractivity contribution in [1.82, 2.24) is 19.7 Å². The maximum atomic E-state index is 12.5. The highest BCUT2D eigenvalue weighted by Gasteiger charge is 2.18. The van der Waals surface area contributed by atoms with Crippen LogP contribution in [0.15, 0.2) is 42.7 Å². The Labute approximate surface area is 127 Å². The van der Waals surface area contributed by atoms with E-state index in [0.29, 0.717) is 29.3 Å². The summed E-state index contributed by atoms with van der Waals surface area (Å²) >= 11 is 0. The van der Waals surface area contributed by atoms with Gasteiger partial charge < -0.3 is 10.1 Å². The van der Waals surface area contributed by atoms with Gasteiger partial charge in [-0.05, 0) is 31.2 Å². The van der Waals surface area contributed by atoms with Gasteiger partial charge in [-0.15, -0.1) is 0 Å². The maximum Gasteiger partial charge on any atom is 0.270 e. The molecule has 3 aromatic heterocycles. The van der Waals surface area contributed by atoms with Crippen LogP contribution in [-0.2, 0) is 6.54 Å². The number of methoxy groups -OCH3 is 1. The zero-order chi connectivity index (χ0) is 15.5. The van der Waals surface area contributed by atoms with E-state index in [9.17, 15) is 4.79 Å². The molecule has 0 radical (unpaired) electrons. The van der Waals surface area contributed by atoms with Crippen molar-refractivity contribution in [3.8, 4) is 5.75 Å². The third-order valence-electron chi connectivity index (χ3n) is 3.38. The summed E-state index contributed by atoms with van der Waals surface area (Å²) in [6, 6.07) is 9.23. The molecular weight excluding hydrogens is 280 g/mol. The third kappa shape index (κ3) is 2.50. The number of aromatic nitrogens is 3. The molecule has 1 N–H and O–H groups in total. The molecule has 3 heterocycles. The molecule has 22 heavy (non-hydrogen) atoms. The van der Waals surface area contributed by atoms with E-state index in [1.165, 1.54) is 0 Å². The van der Waals surface area contributed by atoms with Crippen LogP contribution in [0.25, 0.3) is 5.65 Å². The van der Waals surface area contributed by atoms with Crippen molar-refractivity contribution in [3.05, 3.63) is 59.8 Å². The summed E-state index contributed by atoms with van der Waals surface area (Å²) in [4.78, 5) is 21.1. The second-order valence-electron chi connectivity index (χ2n) is 4.82. The first-order chi connectivity index (χ1) is 10.7. The smallest absolute Gasteiger partial charge is 0.270 e. The second-order valence-corrected chi connectivity index (χ2v) is 4.82. The van der Waals surface area contributed by atoms with Gasteiger partial charge in [-0.25, -0.2) is 4.98 Å². The maximum absolute atomic E-state index is 12.5. The first-order valence-electron chi connectivity index (χ1n) is 6.90. The van der Waals surface area contributed by atoms with Crippen LogP contribution in [0.3, 0.4) is 0 Å².